The molecular formula is C12H14ClNO2S. The quantitative estimate of drug-likeness (QED) is 0.824. The van der Waals surface area contributed by atoms with Crippen LogP contribution in [0.1, 0.15) is 26.7 Å². The van der Waals surface area contributed by atoms with E-state index in [-0.39, 0.29) is 0 Å². The average molecular weight is 272 g/mol. The first-order valence-electron chi connectivity index (χ1n) is 5.35. The molecule has 0 saturated heterocycles. The molecule has 17 heavy (non-hydrogen) atoms. The van der Waals surface area contributed by atoms with Gasteiger partial charge in [0.15, 0.2) is 16.7 Å². The van der Waals surface area contributed by atoms with Crippen LogP contribution in [-0.2, 0) is 15.3 Å². The highest BCUT2D eigenvalue weighted by Crippen LogP contribution is 2.24. The van der Waals surface area contributed by atoms with Gasteiger partial charge in [-0.3, -0.25) is 4.18 Å². The second kappa shape index (κ2) is 6.15. The van der Waals surface area contributed by atoms with Gasteiger partial charge in [-0.15, -0.1) is 0 Å². The molecular weight excluding hydrogens is 258 g/mol. The molecule has 5 heteroatoms. The Bertz CT molecular complexity index is 435. The van der Waals surface area contributed by atoms with Crippen LogP contribution in [0.4, 0.5) is 0 Å². The Balaban J connectivity index is 2.85. The van der Waals surface area contributed by atoms with Gasteiger partial charge in [-0.05, 0) is 37.1 Å². The van der Waals surface area contributed by atoms with Gasteiger partial charge in [0.1, 0.15) is 0 Å². The SMILES string of the molecule is CCC(C#N)(CC)OS(=O)c1ccc(Cl)cc1. The molecule has 1 unspecified atom stereocenters. The first kappa shape index (κ1) is 14.2. The van der Waals surface area contributed by atoms with Crippen molar-refractivity contribution in [3.05, 3.63) is 29.3 Å². The largest absolute Gasteiger partial charge is 0.265 e. The third-order valence-electron chi connectivity index (χ3n) is 2.59. The minimum Gasteiger partial charge on any atom is -0.265 e. The number of rotatable bonds is 5. The third-order valence-corrected chi connectivity index (χ3v) is 3.97. The minimum atomic E-state index is -1.64. The molecule has 3 nitrogen and oxygen atoms in total. The summed E-state index contributed by atoms with van der Waals surface area (Å²) < 4.78 is 17.3. The molecule has 0 bridgehead atoms. The minimum absolute atomic E-state index is 0.499. The predicted octanol–water partition coefficient (Wildman–Crippen LogP) is 3.46. The van der Waals surface area contributed by atoms with E-state index in [1.54, 1.807) is 24.3 Å². The normalized spacial score (nSPS) is 13.1. The molecule has 1 aromatic rings. The maximum absolute atomic E-state index is 11.9. The molecule has 0 spiro atoms. The van der Waals surface area contributed by atoms with Gasteiger partial charge in [-0.2, -0.15) is 5.26 Å². The molecule has 0 radical (unpaired) electrons. The van der Waals surface area contributed by atoms with Gasteiger partial charge in [0.2, 0.25) is 0 Å². The van der Waals surface area contributed by atoms with E-state index in [2.05, 4.69) is 6.07 Å². The van der Waals surface area contributed by atoms with Crippen molar-refractivity contribution in [1.29, 1.82) is 5.26 Å². The van der Waals surface area contributed by atoms with E-state index in [1.165, 1.54) is 0 Å². The summed E-state index contributed by atoms with van der Waals surface area (Å²) in [7, 11) is 0. The third kappa shape index (κ3) is 3.53. The summed E-state index contributed by atoms with van der Waals surface area (Å²) in [6.07, 6.45) is 0.999. The highest BCUT2D eigenvalue weighted by molar-refractivity contribution is 7.80. The fourth-order valence-corrected chi connectivity index (χ4v) is 2.43. The Morgan fingerprint density at radius 1 is 1.35 bits per heavy atom. The molecule has 0 amide bonds. The smallest absolute Gasteiger partial charge is 0.190 e. The average Bonchev–Trinajstić information content (AvgIpc) is 2.37. The zero-order valence-corrected chi connectivity index (χ0v) is 11.3. The van der Waals surface area contributed by atoms with Crippen LogP contribution in [0.25, 0.3) is 0 Å². The van der Waals surface area contributed by atoms with Crippen LogP contribution < -0.4 is 0 Å². The van der Waals surface area contributed by atoms with Gasteiger partial charge < -0.3 is 0 Å². The Kier molecular flexibility index (Phi) is 5.13. The molecule has 0 aliphatic rings. The molecule has 1 rings (SSSR count). The monoisotopic (exact) mass is 271 g/mol. The van der Waals surface area contributed by atoms with Crippen molar-refractivity contribution >= 4 is 22.7 Å². The fraction of sp³-hybridized carbons (Fsp3) is 0.417. The van der Waals surface area contributed by atoms with Crippen molar-refractivity contribution in [3.8, 4) is 6.07 Å². The number of nitriles is 1. The molecule has 92 valence electrons. The van der Waals surface area contributed by atoms with E-state index < -0.39 is 16.7 Å². The van der Waals surface area contributed by atoms with Gasteiger partial charge in [0, 0.05) is 5.02 Å². The Hall–Kier alpha value is -0.890. The van der Waals surface area contributed by atoms with Crippen LogP contribution in [0, 0.1) is 11.3 Å². The number of benzene rings is 1. The standard InChI is InChI=1S/C12H14ClNO2S/c1-3-12(4-2,9-14)16-17(15)11-7-5-10(13)6-8-11/h5-8H,3-4H2,1-2H3. The number of hydrogen-bond acceptors (Lipinski definition) is 3. The van der Waals surface area contributed by atoms with E-state index in [9.17, 15) is 4.21 Å². The maximum atomic E-state index is 11.9. The van der Waals surface area contributed by atoms with E-state index in [0.717, 1.165) is 0 Å². The van der Waals surface area contributed by atoms with Crippen molar-refractivity contribution in [2.75, 3.05) is 0 Å². The zero-order valence-electron chi connectivity index (χ0n) is 9.77. The number of halogens is 1. The maximum Gasteiger partial charge on any atom is 0.190 e. The molecule has 0 aliphatic heterocycles. The summed E-state index contributed by atoms with van der Waals surface area (Å²) in [5, 5.41) is 9.66. The summed E-state index contributed by atoms with van der Waals surface area (Å²) in [4.78, 5) is 0.510. The van der Waals surface area contributed by atoms with Crippen LogP contribution in [0.15, 0.2) is 29.2 Å². The first-order valence-corrected chi connectivity index (χ1v) is 6.80. The number of nitrogens with zero attached hydrogens (tertiary/aromatic N) is 1. The highest BCUT2D eigenvalue weighted by atomic mass is 35.5. The first-order chi connectivity index (χ1) is 8.06. The van der Waals surface area contributed by atoms with Gasteiger partial charge in [0.05, 0.1) is 11.0 Å². The van der Waals surface area contributed by atoms with Gasteiger partial charge in [0.25, 0.3) is 0 Å². The lowest BCUT2D eigenvalue weighted by Gasteiger charge is -2.22. The van der Waals surface area contributed by atoms with Crippen molar-refractivity contribution in [2.24, 2.45) is 0 Å². The summed E-state index contributed by atoms with van der Waals surface area (Å²) >= 11 is 4.10. The van der Waals surface area contributed by atoms with E-state index in [1.807, 2.05) is 13.8 Å². The lowest BCUT2D eigenvalue weighted by molar-refractivity contribution is 0.139. The Labute approximate surface area is 109 Å². The van der Waals surface area contributed by atoms with Gasteiger partial charge in [-0.25, -0.2) is 4.21 Å². The van der Waals surface area contributed by atoms with Crippen LogP contribution >= 0.6 is 11.6 Å². The van der Waals surface area contributed by atoms with Crippen molar-refractivity contribution in [2.45, 2.75) is 37.2 Å². The second-order valence-electron chi connectivity index (χ2n) is 3.59. The van der Waals surface area contributed by atoms with Crippen LogP contribution in [0.2, 0.25) is 5.02 Å². The van der Waals surface area contributed by atoms with E-state index in [4.69, 9.17) is 21.0 Å². The van der Waals surface area contributed by atoms with Crippen molar-refractivity contribution in [3.63, 3.8) is 0 Å². The summed E-state index contributed by atoms with van der Waals surface area (Å²) in [6.45, 7) is 3.68. The molecule has 1 aromatic carbocycles. The van der Waals surface area contributed by atoms with Crippen molar-refractivity contribution < 1.29 is 8.39 Å². The molecule has 0 heterocycles. The van der Waals surface area contributed by atoms with Gasteiger partial charge >= 0.3 is 0 Å². The molecule has 0 aromatic heterocycles. The lowest BCUT2D eigenvalue weighted by atomic mass is 10.0. The zero-order chi connectivity index (χ0) is 12.9. The Morgan fingerprint density at radius 3 is 2.29 bits per heavy atom. The number of hydrogen-bond donors (Lipinski definition) is 0. The fourth-order valence-electron chi connectivity index (χ4n) is 1.28. The van der Waals surface area contributed by atoms with Gasteiger partial charge in [-0.1, -0.05) is 25.4 Å². The molecule has 0 aliphatic carbocycles. The van der Waals surface area contributed by atoms with Crippen molar-refractivity contribution in [1.82, 2.24) is 0 Å². The van der Waals surface area contributed by atoms with E-state index >= 15 is 0 Å². The second-order valence-corrected chi connectivity index (χ2v) is 5.13. The van der Waals surface area contributed by atoms with E-state index in [0.29, 0.717) is 22.8 Å². The topological polar surface area (TPSA) is 50.1 Å². The lowest BCUT2D eigenvalue weighted by Crippen LogP contribution is -2.29. The Morgan fingerprint density at radius 2 is 1.88 bits per heavy atom. The summed E-state index contributed by atoms with van der Waals surface area (Å²) in [5.41, 5.74) is -0.982. The van der Waals surface area contributed by atoms with Crippen LogP contribution in [0.5, 0.6) is 0 Å². The highest BCUT2D eigenvalue weighted by Gasteiger charge is 2.30. The van der Waals surface area contributed by atoms with Crippen LogP contribution in [-0.4, -0.2) is 9.81 Å². The predicted molar refractivity (Wildman–Crippen MR) is 67.9 cm³/mol. The summed E-state index contributed by atoms with van der Waals surface area (Å²) in [5.74, 6) is 0. The summed E-state index contributed by atoms with van der Waals surface area (Å²) in [6, 6.07) is 8.63. The molecule has 0 N–H and O–H groups in total. The molecule has 0 fully saturated rings. The van der Waals surface area contributed by atoms with Crippen LogP contribution in [0.3, 0.4) is 0 Å². The molecule has 1 atom stereocenters. The molecule has 0 saturated carbocycles.